The van der Waals surface area contributed by atoms with E-state index in [0.717, 1.165) is 17.0 Å². The second kappa shape index (κ2) is 11.8. The van der Waals surface area contributed by atoms with E-state index in [0.29, 0.717) is 36.1 Å². The maximum atomic E-state index is 13.9. The van der Waals surface area contributed by atoms with E-state index in [9.17, 15) is 37.9 Å². The summed E-state index contributed by atoms with van der Waals surface area (Å²) >= 11 is 0. The molecular weight excluding hydrogens is 539 g/mol. The van der Waals surface area contributed by atoms with Gasteiger partial charge in [-0.15, -0.1) is 0 Å². The molecule has 0 bridgehead atoms. The highest BCUT2D eigenvalue weighted by atomic mass is 19.4. The second-order valence-electron chi connectivity index (χ2n) is 9.78. The molecular formula is C30H26F3N3O5. The number of rotatable bonds is 11. The van der Waals surface area contributed by atoms with E-state index in [-0.39, 0.29) is 41.0 Å². The Labute approximate surface area is 233 Å². The van der Waals surface area contributed by atoms with Crippen LogP contribution >= 0.6 is 0 Å². The number of nitriles is 1. The highest BCUT2D eigenvalue weighted by Gasteiger charge is 2.39. The molecule has 11 heteroatoms. The lowest BCUT2D eigenvalue weighted by atomic mass is 9.89. The Morgan fingerprint density at radius 1 is 1.15 bits per heavy atom. The topological polar surface area (TPSA) is 115 Å². The molecule has 0 saturated heterocycles. The molecule has 2 aromatic carbocycles. The van der Waals surface area contributed by atoms with Crippen molar-refractivity contribution >= 4 is 23.9 Å². The van der Waals surface area contributed by atoms with Gasteiger partial charge < -0.3 is 9.52 Å². The molecule has 212 valence electrons. The number of nitrogens with zero attached hydrogens (tertiary/aromatic N) is 3. The predicted molar refractivity (Wildman–Crippen MR) is 141 cm³/mol. The molecule has 1 heterocycles. The summed E-state index contributed by atoms with van der Waals surface area (Å²) in [5.74, 6) is -1.78. The summed E-state index contributed by atoms with van der Waals surface area (Å²) in [6.07, 6.45) is -3.02. The summed E-state index contributed by atoms with van der Waals surface area (Å²) in [5, 5.41) is 18.5. The number of anilines is 1. The van der Waals surface area contributed by atoms with Gasteiger partial charge in [0.05, 0.1) is 29.8 Å². The maximum absolute atomic E-state index is 13.9. The fourth-order valence-electron chi connectivity index (χ4n) is 4.67. The van der Waals surface area contributed by atoms with Crippen molar-refractivity contribution in [1.29, 1.82) is 5.26 Å². The number of aromatic carboxylic acids is 1. The lowest BCUT2D eigenvalue weighted by Crippen LogP contribution is -2.33. The van der Waals surface area contributed by atoms with Gasteiger partial charge in [-0.05, 0) is 74.8 Å². The molecule has 1 aromatic heterocycles. The number of hydrogen-bond acceptors (Lipinski definition) is 6. The first kappa shape index (κ1) is 29.3. The molecule has 8 nitrogen and oxygen atoms in total. The Balaban J connectivity index is 1.87. The third kappa shape index (κ3) is 6.56. The first-order chi connectivity index (χ1) is 19.4. The number of amides is 1. The van der Waals surface area contributed by atoms with Gasteiger partial charge in [0, 0.05) is 22.9 Å². The number of allylic oxidation sites excluding steroid dienone is 1. The number of Topliss-reactive ketones (excluding diaryl/α,β-unsaturated/α-hetero) is 1. The Hall–Kier alpha value is -4.69. The van der Waals surface area contributed by atoms with Gasteiger partial charge in [0.25, 0.3) is 0 Å². The predicted octanol–water partition coefficient (Wildman–Crippen LogP) is 5.96. The van der Waals surface area contributed by atoms with Crippen LogP contribution in [0.5, 0.6) is 0 Å². The van der Waals surface area contributed by atoms with E-state index >= 15 is 0 Å². The fourth-order valence-corrected chi connectivity index (χ4v) is 4.67. The molecule has 0 aliphatic heterocycles. The molecule has 1 aliphatic carbocycles. The summed E-state index contributed by atoms with van der Waals surface area (Å²) in [6, 6.07) is 14.7. The largest absolute Gasteiger partial charge is 0.475 e. The van der Waals surface area contributed by atoms with Gasteiger partial charge >= 0.3 is 12.1 Å². The van der Waals surface area contributed by atoms with E-state index in [2.05, 4.69) is 0 Å². The molecule has 3 aromatic rings. The number of hydrogen-bond donors (Lipinski definition) is 1. The van der Waals surface area contributed by atoms with Crippen LogP contribution in [0.4, 0.5) is 18.9 Å². The quantitative estimate of drug-likeness (QED) is 0.225. The summed E-state index contributed by atoms with van der Waals surface area (Å²) < 4.78 is 45.8. The van der Waals surface area contributed by atoms with Crippen LogP contribution in [0.15, 0.2) is 76.4 Å². The Morgan fingerprint density at radius 3 is 2.37 bits per heavy atom. The van der Waals surface area contributed by atoms with E-state index in [1.165, 1.54) is 31.2 Å². The zero-order chi connectivity index (χ0) is 29.9. The number of ketones is 1. The van der Waals surface area contributed by atoms with Crippen LogP contribution in [0.2, 0.25) is 0 Å². The molecule has 1 saturated carbocycles. The number of alkyl halides is 3. The molecule has 4 rings (SSSR count). The maximum Gasteiger partial charge on any atom is 0.416 e. The van der Waals surface area contributed by atoms with E-state index in [1.807, 2.05) is 6.07 Å². The Kier molecular flexibility index (Phi) is 8.44. The smallest absolute Gasteiger partial charge is 0.416 e. The number of furan rings is 1. The molecule has 1 fully saturated rings. The molecule has 1 N–H and O–H groups in total. The van der Waals surface area contributed by atoms with Crippen molar-refractivity contribution in [2.45, 2.75) is 38.5 Å². The van der Waals surface area contributed by atoms with E-state index in [1.54, 1.807) is 36.2 Å². The van der Waals surface area contributed by atoms with Gasteiger partial charge in [0.1, 0.15) is 5.76 Å². The minimum atomic E-state index is -4.64. The van der Waals surface area contributed by atoms with Crippen LogP contribution in [0.3, 0.4) is 0 Å². The highest BCUT2D eigenvalue weighted by Crippen LogP contribution is 2.41. The molecule has 1 aliphatic rings. The minimum Gasteiger partial charge on any atom is -0.475 e. The van der Waals surface area contributed by atoms with Crippen LogP contribution in [0.1, 0.15) is 58.8 Å². The van der Waals surface area contributed by atoms with Crippen LogP contribution < -0.4 is 4.90 Å². The Bertz CT molecular complexity index is 1530. The summed E-state index contributed by atoms with van der Waals surface area (Å²) in [6.45, 7) is 1.56. The first-order valence-corrected chi connectivity index (χ1v) is 12.6. The number of benzene rings is 2. The third-order valence-electron chi connectivity index (χ3n) is 6.87. The lowest BCUT2D eigenvalue weighted by molar-refractivity contribution is -0.137. The van der Waals surface area contributed by atoms with Gasteiger partial charge in [-0.2, -0.15) is 18.4 Å². The number of carboxylic acid groups (broad SMARTS) is 1. The average Bonchev–Trinajstić information content (AvgIpc) is 3.69. The van der Waals surface area contributed by atoms with Crippen molar-refractivity contribution in [2.24, 2.45) is 5.92 Å². The van der Waals surface area contributed by atoms with Crippen molar-refractivity contribution in [3.63, 3.8) is 0 Å². The lowest BCUT2D eigenvalue weighted by Gasteiger charge is -2.33. The zero-order valence-corrected chi connectivity index (χ0v) is 22.2. The molecule has 41 heavy (non-hydrogen) atoms. The number of carbonyl (C=O) groups excluding carboxylic acids is 2. The fraction of sp³-hybridized carbons (Fsp3) is 0.267. The number of likely N-dealkylation sites (N-methyl/N-ethyl adjacent to an activating group) is 1. The molecule has 1 amide bonds. The van der Waals surface area contributed by atoms with Crippen LogP contribution in [0, 0.1) is 17.2 Å². The van der Waals surface area contributed by atoms with Gasteiger partial charge in [0.15, 0.2) is 5.78 Å². The summed E-state index contributed by atoms with van der Waals surface area (Å²) in [4.78, 5) is 40.3. The number of carboxylic acids is 1. The first-order valence-electron chi connectivity index (χ1n) is 12.6. The third-order valence-corrected chi connectivity index (χ3v) is 6.87. The minimum absolute atomic E-state index is 0.0529. The van der Waals surface area contributed by atoms with E-state index in [4.69, 9.17) is 4.42 Å². The van der Waals surface area contributed by atoms with Gasteiger partial charge in [0.2, 0.25) is 12.2 Å². The summed E-state index contributed by atoms with van der Waals surface area (Å²) in [7, 11) is 1.68. The normalized spacial score (nSPS) is 14.7. The van der Waals surface area contributed by atoms with Crippen molar-refractivity contribution < 1.29 is 37.1 Å². The second-order valence-corrected chi connectivity index (χ2v) is 9.78. The Morgan fingerprint density at radius 2 is 1.83 bits per heavy atom. The van der Waals surface area contributed by atoms with Crippen LogP contribution in [-0.4, -0.2) is 35.2 Å². The monoisotopic (exact) mass is 565 g/mol. The van der Waals surface area contributed by atoms with Crippen LogP contribution in [-0.2, 0) is 22.3 Å². The number of halogens is 3. The standard InChI is InChI=1S/C30H26F3N3O5/c1-18(36(17-37)23-5-3-4-22(14-23)30(31,32)33)26(28(38)21-10-11-21)27(20-8-6-19(15-34)7-9-20)35(2)16-24-12-13-25(41-24)29(39)40/h3-9,12-14,17,21,27H,10-11,16H2,1-2H3,(H,39,40)/b26-18+. The van der Waals surface area contributed by atoms with Crippen LogP contribution in [0.25, 0.3) is 0 Å². The number of carbonyl (C=O) groups is 3. The SMILES string of the molecule is C/C(=C(\C(=O)C1CC1)C(c1ccc(C#N)cc1)N(C)Cc1ccc(C(=O)O)o1)N(C=O)c1cccc(C(F)(F)F)c1. The molecule has 1 atom stereocenters. The van der Waals surface area contributed by atoms with Crippen molar-refractivity contribution in [3.8, 4) is 6.07 Å². The highest BCUT2D eigenvalue weighted by molar-refractivity contribution is 6.02. The molecule has 0 radical (unpaired) electrons. The average molecular weight is 566 g/mol. The van der Waals surface area contributed by atoms with Gasteiger partial charge in [-0.1, -0.05) is 18.2 Å². The van der Waals surface area contributed by atoms with Gasteiger partial charge in [-0.3, -0.25) is 19.4 Å². The van der Waals surface area contributed by atoms with E-state index < -0.39 is 23.8 Å². The van der Waals surface area contributed by atoms with Crippen molar-refractivity contribution in [2.75, 3.05) is 11.9 Å². The zero-order valence-electron chi connectivity index (χ0n) is 22.2. The van der Waals surface area contributed by atoms with Gasteiger partial charge in [-0.25, -0.2) is 4.79 Å². The van der Waals surface area contributed by atoms with Crippen molar-refractivity contribution in [1.82, 2.24) is 4.90 Å². The molecule has 1 unspecified atom stereocenters. The molecule has 0 spiro atoms. The summed E-state index contributed by atoms with van der Waals surface area (Å²) in [5.41, 5.74) is 0.276. The van der Waals surface area contributed by atoms with Crippen molar-refractivity contribution in [3.05, 3.63) is 100 Å².